The Kier molecular flexibility index (Phi) is 7.27. The fourth-order valence-corrected chi connectivity index (χ4v) is 5.53. The largest absolute Gasteiger partial charge is 0.371 e. The molecule has 1 aromatic heterocycles. The van der Waals surface area contributed by atoms with Crippen molar-refractivity contribution >= 4 is 34.6 Å². The van der Waals surface area contributed by atoms with Crippen molar-refractivity contribution in [1.29, 1.82) is 0 Å². The predicted octanol–water partition coefficient (Wildman–Crippen LogP) is 6.30. The zero-order chi connectivity index (χ0) is 18.8. The Balaban J connectivity index is 0.00000225. The molecule has 0 atom stereocenters. The fraction of sp³-hybridized carbons (Fsp3) is 0.609. The van der Waals surface area contributed by atoms with E-state index in [0.29, 0.717) is 0 Å². The minimum absolute atomic E-state index is 0. The normalized spacial score (nSPS) is 16.1. The first-order valence-electron chi connectivity index (χ1n) is 10.7. The number of thiazole rings is 1. The summed E-state index contributed by atoms with van der Waals surface area (Å²) in [4.78, 5) is 8.62. The SMILES string of the molecule is CCN(CC1CCCC1)c1cc2c(cc1CNc1nc(C)c(C)s1)CCC2.Cl. The van der Waals surface area contributed by atoms with Crippen molar-refractivity contribution in [2.24, 2.45) is 5.92 Å². The predicted molar refractivity (Wildman–Crippen MR) is 124 cm³/mol. The number of nitrogens with zero attached hydrogens (tertiary/aromatic N) is 2. The molecule has 0 saturated heterocycles. The van der Waals surface area contributed by atoms with E-state index < -0.39 is 0 Å². The molecular formula is C23H34ClN3S. The molecule has 1 heterocycles. The van der Waals surface area contributed by atoms with Crippen molar-refractivity contribution in [3.05, 3.63) is 39.4 Å². The second-order valence-corrected chi connectivity index (χ2v) is 9.51. The number of aryl methyl sites for hydroxylation is 4. The Morgan fingerprint density at radius 3 is 2.46 bits per heavy atom. The maximum atomic E-state index is 4.67. The highest BCUT2D eigenvalue weighted by Gasteiger charge is 2.22. The Morgan fingerprint density at radius 1 is 1.11 bits per heavy atom. The quantitative estimate of drug-likeness (QED) is 0.570. The Bertz CT molecular complexity index is 776. The van der Waals surface area contributed by atoms with Gasteiger partial charge in [0.05, 0.1) is 5.69 Å². The molecule has 0 aliphatic heterocycles. The van der Waals surface area contributed by atoms with Gasteiger partial charge in [-0.15, -0.1) is 23.7 Å². The summed E-state index contributed by atoms with van der Waals surface area (Å²) >= 11 is 1.77. The number of nitrogens with one attached hydrogen (secondary N) is 1. The summed E-state index contributed by atoms with van der Waals surface area (Å²) < 4.78 is 0. The van der Waals surface area contributed by atoms with Crippen LogP contribution in [0.2, 0.25) is 0 Å². The maximum absolute atomic E-state index is 4.67. The summed E-state index contributed by atoms with van der Waals surface area (Å²) in [6, 6.07) is 4.99. The van der Waals surface area contributed by atoms with E-state index in [-0.39, 0.29) is 12.4 Å². The fourth-order valence-electron chi connectivity index (χ4n) is 4.72. The smallest absolute Gasteiger partial charge is 0.183 e. The molecular weight excluding hydrogens is 386 g/mol. The Hall–Kier alpha value is -1.26. The molecule has 0 spiro atoms. The number of halogens is 1. The molecule has 3 nitrogen and oxygen atoms in total. The Labute approximate surface area is 180 Å². The first-order valence-corrected chi connectivity index (χ1v) is 11.5. The van der Waals surface area contributed by atoms with Crippen LogP contribution >= 0.6 is 23.7 Å². The molecule has 1 N–H and O–H groups in total. The zero-order valence-electron chi connectivity index (χ0n) is 17.5. The molecule has 1 aromatic carbocycles. The number of hydrogen-bond donors (Lipinski definition) is 1. The van der Waals surface area contributed by atoms with Gasteiger partial charge < -0.3 is 10.2 Å². The molecule has 0 radical (unpaired) electrons. The second-order valence-electron chi connectivity index (χ2n) is 8.31. The summed E-state index contributed by atoms with van der Waals surface area (Å²) in [5.41, 5.74) is 7.20. The van der Waals surface area contributed by atoms with Crippen LogP contribution in [0.5, 0.6) is 0 Å². The van der Waals surface area contributed by atoms with Gasteiger partial charge in [-0.05, 0) is 81.5 Å². The van der Waals surface area contributed by atoms with E-state index in [1.807, 2.05) is 0 Å². The molecule has 0 bridgehead atoms. The van der Waals surface area contributed by atoms with E-state index in [9.17, 15) is 0 Å². The van der Waals surface area contributed by atoms with Crippen LogP contribution in [0.25, 0.3) is 0 Å². The zero-order valence-corrected chi connectivity index (χ0v) is 19.1. The van der Waals surface area contributed by atoms with Gasteiger partial charge in [-0.1, -0.05) is 18.9 Å². The van der Waals surface area contributed by atoms with E-state index in [0.717, 1.165) is 29.8 Å². The van der Waals surface area contributed by atoms with Crippen LogP contribution in [0.1, 0.15) is 66.3 Å². The molecule has 2 aliphatic rings. The third kappa shape index (κ3) is 4.65. The van der Waals surface area contributed by atoms with Crippen molar-refractivity contribution in [2.45, 2.75) is 72.3 Å². The lowest BCUT2D eigenvalue weighted by Crippen LogP contribution is -2.29. The molecule has 4 rings (SSSR count). The van der Waals surface area contributed by atoms with Crippen molar-refractivity contribution in [1.82, 2.24) is 4.98 Å². The van der Waals surface area contributed by atoms with E-state index >= 15 is 0 Å². The molecule has 5 heteroatoms. The van der Waals surface area contributed by atoms with Crippen LogP contribution in [0.15, 0.2) is 12.1 Å². The molecule has 1 fully saturated rings. The molecule has 2 aliphatic carbocycles. The van der Waals surface area contributed by atoms with Gasteiger partial charge in [0, 0.05) is 30.2 Å². The lowest BCUT2D eigenvalue weighted by molar-refractivity contribution is 0.535. The van der Waals surface area contributed by atoms with Gasteiger partial charge >= 0.3 is 0 Å². The van der Waals surface area contributed by atoms with Gasteiger partial charge in [0.1, 0.15) is 0 Å². The molecule has 0 unspecified atom stereocenters. The number of aromatic nitrogens is 1. The minimum Gasteiger partial charge on any atom is -0.371 e. The second kappa shape index (κ2) is 9.49. The third-order valence-electron chi connectivity index (χ3n) is 6.43. The maximum Gasteiger partial charge on any atom is 0.183 e. The van der Waals surface area contributed by atoms with Crippen molar-refractivity contribution in [2.75, 3.05) is 23.3 Å². The minimum atomic E-state index is 0. The highest BCUT2D eigenvalue weighted by molar-refractivity contribution is 7.15. The molecule has 28 heavy (non-hydrogen) atoms. The first kappa shape index (κ1) is 21.4. The number of anilines is 2. The number of benzene rings is 1. The van der Waals surface area contributed by atoms with E-state index in [2.05, 4.69) is 48.1 Å². The third-order valence-corrected chi connectivity index (χ3v) is 7.46. The molecule has 1 saturated carbocycles. The van der Waals surface area contributed by atoms with Gasteiger partial charge in [-0.25, -0.2) is 4.98 Å². The van der Waals surface area contributed by atoms with E-state index in [1.54, 1.807) is 22.5 Å². The van der Waals surface area contributed by atoms with Crippen LogP contribution in [0.4, 0.5) is 10.8 Å². The van der Waals surface area contributed by atoms with E-state index in [1.165, 1.54) is 67.6 Å². The first-order chi connectivity index (χ1) is 13.1. The molecule has 2 aromatic rings. The van der Waals surface area contributed by atoms with Crippen LogP contribution in [-0.2, 0) is 19.4 Å². The van der Waals surface area contributed by atoms with Crippen LogP contribution in [0, 0.1) is 19.8 Å². The average molecular weight is 420 g/mol. The van der Waals surface area contributed by atoms with Gasteiger partial charge in [-0.2, -0.15) is 0 Å². The lowest BCUT2D eigenvalue weighted by Gasteiger charge is -2.29. The highest BCUT2D eigenvalue weighted by atomic mass is 35.5. The summed E-state index contributed by atoms with van der Waals surface area (Å²) in [5, 5.41) is 4.66. The van der Waals surface area contributed by atoms with Crippen molar-refractivity contribution in [3.8, 4) is 0 Å². The van der Waals surface area contributed by atoms with Gasteiger partial charge in [0.15, 0.2) is 5.13 Å². The average Bonchev–Trinajstić information content (AvgIpc) is 3.39. The topological polar surface area (TPSA) is 28.2 Å². The monoisotopic (exact) mass is 419 g/mol. The van der Waals surface area contributed by atoms with Gasteiger partial charge in [0.2, 0.25) is 0 Å². The van der Waals surface area contributed by atoms with Crippen molar-refractivity contribution < 1.29 is 0 Å². The molecule has 0 amide bonds. The van der Waals surface area contributed by atoms with Gasteiger partial charge in [0.25, 0.3) is 0 Å². The summed E-state index contributed by atoms with van der Waals surface area (Å²) in [6.45, 7) is 9.75. The van der Waals surface area contributed by atoms with Gasteiger partial charge in [-0.3, -0.25) is 0 Å². The van der Waals surface area contributed by atoms with Crippen LogP contribution in [0.3, 0.4) is 0 Å². The number of rotatable bonds is 7. The Morgan fingerprint density at radius 2 is 1.82 bits per heavy atom. The standard InChI is InChI=1S/C23H33N3S.ClH/c1-4-26(15-18-8-5-6-9-18)22-13-20-11-7-10-19(20)12-21(22)14-24-23-25-16(2)17(3)27-23;/h12-13,18H,4-11,14-15H2,1-3H3,(H,24,25);1H. The molecule has 154 valence electrons. The number of fused-ring (bicyclic) bond motifs is 1. The van der Waals surface area contributed by atoms with Crippen molar-refractivity contribution in [3.63, 3.8) is 0 Å². The van der Waals surface area contributed by atoms with Crippen LogP contribution < -0.4 is 10.2 Å². The summed E-state index contributed by atoms with van der Waals surface area (Å²) in [7, 11) is 0. The summed E-state index contributed by atoms with van der Waals surface area (Å²) in [5.74, 6) is 0.878. The van der Waals surface area contributed by atoms with Crippen LogP contribution in [-0.4, -0.2) is 18.1 Å². The highest BCUT2D eigenvalue weighted by Crippen LogP contribution is 2.34. The van der Waals surface area contributed by atoms with E-state index in [4.69, 9.17) is 0 Å². The summed E-state index contributed by atoms with van der Waals surface area (Å²) in [6.07, 6.45) is 9.46. The number of hydrogen-bond acceptors (Lipinski definition) is 4. The lowest BCUT2D eigenvalue weighted by atomic mass is 10.0.